The monoisotopic (exact) mass is 487 g/mol. The molecule has 1 saturated heterocycles. The van der Waals surface area contributed by atoms with Crippen LogP contribution in [0.4, 0.5) is 24.5 Å². The van der Waals surface area contributed by atoms with Crippen LogP contribution in [0.25, 0.3) is 10.9 Å². The van der Waals surface area contributed by atoms with Gasteiger partial charge in [-0.2, -0.15) is 13.2 Å². The number of halogens is 3. The van der Waals surface area contributed by atoms with E-state index in [1.165, 1.54) is 6.07 Å². The molecular weight excluding hydrogens is 459 g/mol. The summed E-state index contributed by atoms with van der Waals surface area (Å²) in [6.07, 6.45) is -1.53. The molecule has 4 rings (SSSR count). The first-order valence-electron chi connectivity index (χ1n) is 11.7. The Bertz CT molecular complexity index is 1250. The summed E-state index contributed by atoms with van der Waals surface area (Å²) in [5, 5.41) is 3.18. The summed E-state index contributed by atoms with van der Waals surface area (Å²) >= 11 is 0. The molecule has 0 radical (unpaired) electrons. The van der Waals surface area contributed by atoms with Crippen LogP contribution >= 0.6 is 0 Å². The van der Waals surface area contributed by atoms with Crippen molar-refractivity contribution in [2.45, 2.75) is 38.9 Å². The zero-order chi connectivity index (χ0) is 25.0. The van der Waals surface area contributed by atoms with Crippen LogP contribution < -0.4 is 15.8 Å². The van der Waals surface area contributed by atoms with Gasteiger partial charge in [0.25, 0.3) is 5.56 Å². The Hall–Kier alpha value is -3.40. The van der Waals surface area contributed by atoms with Crippen LogP contribution in [0.2, 0.25) is 0 Å². The van der Waals surface area contributed by atoms with E-state index in [1.807, 2.05) is 11.8 Å². The topological polar surface area (TPSA) is 81.3 Å². The number of fused-ring (bicyclic) bond motifs is 1. The summed E-state index contributed by atoms with van der Waals surface area (Å²) < 4.78 is 40.1. The van der Waals surface area contributed by atoms with E-state index < -0.39 is 17.6 Å². The molecule has 1 aliphatic rings. The average molecular weight is 488 g/mol. The van der Waals surface area contributed by atoms with E-state index in [9.17, 15) is 22.8 Å². The lowest BCUT2D eigenvalue weighted by Gasteiger charge is -2.31. The summed E-state index contributed by atoms with van der Waals surface area (Å²) in [5.41, 5.74) is 0.233. The number of likely N-dealkylation sites (N-methyl/N-ethyl adjacent to an activating group) is 1. The molecule has 10 heteroatoms. The van der Waals surface area contributed by atoms with Crippen molar-refractivity contribution in [3.63, 3.8) is 0 Å². The van der Waals surface area contributed by atoms with Crippen LogP contribution in [-0.4, -0.2) is 47.0 Å². The Morgan fingerprint density at radius 2 is 1.89 bits per heavy atom. The Morgan fingerprint density at radius 1 is 1.14 bits per heavy atom. The maximum atomic E-state index is 13.4. The summed E-state index contributed by atoms with van der Waals surface area (Å²) in [5.74, 6) is -0.0241. The van der Waals surface area contributed by atoms with Crippen molar-refractivity contribution >= 4 is 28.2 Å². The Morgan fingerprint density at radius 3 is 2.60 bits per heavy atom. The third-order valence-electron chi connectivity index (χ3n) is 6.14. The minimum atomic E-state index is -4.51. The molecule has 3 aromatic rings. The smallest absolute Gasteiger partial charge is 0.370 e. The number of para-hydroxylation sites is 1. The van der Waals surface area contributed by atoms with Crippen molar-refractivity contribution in [3.8, 4) is 0 Å². The third-order valence-corrected chi connectivity index (χ3v) is 6.14. The summed E-state index contributed by atoms with van der Waals surface area (Å²) in [6.45, 7) is 3.95. The Kier molecular flexibility index (Phi) is 7.39. The molecular formula is C25H28F3N5O2. The minimum Gasteiger partial charge on any atom is -0.370 e. The number of hydrogen-bond acceptors (Lipinski definition) is 5. The highest BCUT2D eigenvalue weighted by atomic mass is 19.4. The standard InChI is InChI=1S/C25H28F3N5O2/c1-2-32(15-22-29-19-9-5-4-8-18(19)24(35)31-22)16-23(34)30-20-14-17(25(26,27)28)10-11-21(20)33-12-6-3-7-13-33/h4-5,8-11,14H,2-3,6-7,12-13,15-16H2,1H3,(H,30,34)(H,29,31,35). The van der Waals surface area contributed by atoms with Gasteiger partial charge < -0.3 is 15.2 Å². The van der Waals surface area contributed by atoms with E-state index >= 15 is 0 Å². The van der Waals surface area contributed by atoms with Crippen molar-refractivity contribution in [1.82, 2.24) is 14.9 Å². The van der Waals surface area contributed by atoms with Gasteiger partial charge in [0.1, 0.15) is 5.82 Å². The van der Waals surface area contributed by atoms with Crippen LogP contribution in [0.15, 0.2) is 47.3 Å². The van der Waals surface area contributed by atoms with E-state index in [2.05, 4.69) is 15.3 Å². The SMILES string of the molecule is CCN(CC(=O)Nc1cc(C(F)(F)F)ccc1N1CCCCC1)Cc1nc2ccccc2c(=O)[nH]1. The lowest BCUT2D eigenvalue weighted by molar-refractivity contribution is -0.137. The number of rotatable bonds is 7. The number of benzene rings is 2. The number of hydrogen-bond donors (Lipinski definition) is 2. The quantitative estimate of drug-likeness (QED) is 0.517. The molecule has 0 bridgehead atoms. The van der Waals surface area contributed by atoms with Crippen molar-refractivity contribution in [2.24, 2.45) is 0 Å². The van der Waals surface area contributed by atoms with E-state index in [1.54, 1.807) is 29.2 Å². The first kappa shape index (κ1) is 24.7. The van der Waals surface area contributed by atoms with Gasteiger partial charge in [0.2, 0.25) is 5.91 Å². The molecule has 2 N–H and O–H groups in total. The van der Waals surface area contributed by atoms with Gasteiger partial charge >= 0.3 is 6.18 Å². The van der Waals surface area contributed by atoms with Crippen molar-refractivity contribution in [2.75, 3.05) is 36.4 Å². The lowest BCUT2D eigenvalue weighted by Crippen LogP contribution is -2.35. The number of nitrogens with zero attached hydrogens (tertiary/aromatic N) is 3. The van der Waals surface area contributed by atoms with Gasteiger partial charge in [-0.3, -0.25) is 14.5 Å². The number of aromatic nitrogens is 2. The molecule has 1 aliphatic heterocycles. The largest absolute Gasteiger partial charge is 0.416 e. The fourth-order valence-electron chi connectivity index (χ4n) is 4.32. The molecule has 0 spiro atoms. The van der Waals surface area contributed by atoms with E-state index in [0.717, 1.165) is 44.5 Å². The molecule has 0 unspecified atom stereocenters. The van der Waals surface area contributed by atoms with Crippen LogP contribution in [-0.2, 0) is 17.5 Å². The van der Waals surface area contributed by atoms with Gasteiger partial charge in [-0.05, 0) is 56.1 Å². The third kappa shape index (κ3) is 6.00. The van der Waals surface area contributed by atoms with E-state index in [4.69, 9.17) is 0 Å². The van der Waals surface area contributed by atoms with Crippen LogP contribution in [0.3, 0.4) is 0 Å². The molecule has 35 heavy (non-hydrogen) atoms. The second-order valence-corrected chi connectivity index (χ2v) is 8.66. The lowest BCUT2D eigenvalue weighted by atomic mass is 10.1. The molecule has 1 fully saturated rings. The van der Waals surface area contributed by atoms with Gasteiger partial charge in [-0.15, -0.1) is 0 Å². The first-order chi connectivity index (χ1) is 16.7. The number of H-pyrrole nitrogens is 1. The molecule has 2 aromatic carbocycles. The van der Waals surface area contributed by atoms with Crippen LogP contribution in [0, 0.1) is 0 Å². The highest BCUT2D eigenvalue weighted by Crippen LogP contribution is 2.36. The molecule has 1 aromatic heterocycles. The van der Waals surface area contributed by atoms with Gasteiger partial charge in [0.15, 0.2) is 0 Å². The first-order valence-corrected chi connectivity index (χ1v) is 11.7. The minimum absolute atomic E-state index is 0.0667. The zero-order valence-corrected chi connectivity index (χ0v) is 19.5. The molecule has 186 valence electrons. The predicted molar refractivity (Wildman–Crippen MR) is 129 cm³/mol. The number of anilines is 2. The number of aromatic amines is 1. The number of alkyl halides is 3. The normalized spacial score (nSPS) is 14.5. The van der Waals surface area contributed by atoms with Gasteiger partial charge in [-0.1, -0.05) is 19.1 Å². The summed E-state index contributed by atoms with van der Waals surface area (Å²) in [7, 11) is 0. The molecule has 7 nitrogen and oxygen atoms in total. The van der Waals surface area contributed by atoms with Gasteiger partial charge in [0, 0.05) is 13.1 Å². The van der Waals surface area contributed by atoms with Crippen LogP contribution in [0.5, 0.6) is 0 Å². The molecule has 0 aliphatic carbocycles. The summed E-state index contributed by atoms with van der Waals surface area (Å²) in [6, 6.07) is 10.5. The zero-order valence-electron chi connectivity index (χ0n) is 19.5. The number of carbonyl (C=O) groups excluding carboxylic acids is 1. The van der Waals surface area contributed by atoms with Crippen LogP contribution in [0.1, 0.15) is 37.6 Å². The van der Waals surface area contributed by atoms with E-state index in [-0.39, 0.29) is 24.3 Å². The maximum absolute atomic E-state index is 13.4. The maximum Gasteiger partial charge on any atom is 0.416 e. The van der Waals surface area contributed by atoms with Gasteiger partial charge in [-0.25, -0.2) is 4.98 Å². The van der Waals surface area contributed by atoms with Crippen molar-refractivity contribution in [1.29, 1.82) is 0 Å². The Balaban J connectivity index is 1.51. The summed E-state index contributed by atoms with van der Waals surface area (Å²) in [4.78, 5) is 36.2. The molecule has 0 saturated carbocycles. The Labute approximate surface area is 201 Å². The average Bonchev–Trinajstić information content (AvgIpc) is 2.83. The number of carbonyl (C=O) groups is 1. The second-order valence-electron chi connectivity index (χ2n) is 8.66. The van der Waals surface area contributed by atoms with Crippen molar-refractivity contribution < 1.29 is 18.0 Å². The van der Waals surface area contributed by atoms with E-state index in [0.29, 0.717) is 29.0 Å². The number of amides is 1. The highest BCUT2D eigenvalue weighted by Gasteiger charge is 2.32. The number of piperidine rings is 1. The van der Waals surface area contributed by atoms with Gasteiger partial charge in [0.05, 0.1) is 40.9 Å². The predicted octanol–water partition coefficient (Wildman–Crippen LogP) is 4.39. The number of nitrogens with one attached hydrogen (secondary N) is 2. The fourth-order valence-corrected chi connectivity index (χ4v) is 4.32. The van der Waals surface area contributed by atoms with Crippen molar-refractivity contribution in [3.05, 3.63) is 64.2 Å². The molecule has 0 atom stereocenters. The fraction of sp³-hybridized carbons (Fsp3) is 0.400. The molecule has 1 amide bonds. The highest BCUT2D eigenvalue weighted by molar-refractivity contribution is 5.96. The molecule has 2 heterocycles. The second kappa shape index (κ2) is 10.5.